The van der Waals surface area contributed by atoms with Gasteiger partial charge in [0.1, 0.15) is 5.82 Å². The molecule has 0 radical (unpaired) electrons. The van der Waals surface area contributed by atoms with Gasteiger partial charge in [-0.15, -0.1) is 0 Å². The van der Waals surface area contributed by atoms with Crippen molar-refractivity contribution >= 4 is 28.9 Å². The minimum Gasteiger partial charge on any atom is -0.478 e. The highest BCUT2D eigenvalue weighted by Gasteiger charge is 2.31. The molecule has 3 rings (SSSR count). The highest BCUT2D eigenvalue weighted by Crippen LogP contribution is 2.35. The Balaban J connectivity index is 1.99. The quantitative estimate of drug-likeness (QED) is 0.476. The van der Waals surface area contributed by atoms with Crippen LogP contribution < -0.4 is 10.6 Å². The third-order valence-corrected chi connectivity index (χ3v) is 4.10. The van der Waals surface area contributed by atoms with E-state index in [9.17, 15) is 27.2 Å². The number of halogens is 4. The third-order valence-electron chi connectivity index (χ3n) is 4.10. The lowest BCUT2D eigenvalue weighted by atomic mass is 10.1. The van der Waals surface area contributed by atoms with Gasteiger partial charge in [-0.3, -0.25) is 4.79 Å². The van der Waals surface area contributed by atoms with Crippen LogP contribution in [0.2, 0.25) is 0 Å². The Morgan fingerprint density at radius 2 is 1.60 bits per heavy atom. The van der Waals surface area contributed by atoms with Crippen molar-refractivity contribution in [1.82, 2.24) is 0 Å². The number of anilines is 3. The zero-order valence-electron chi connectivity index (χ0n) is 15.1. The molecule has 1 amide bonds. The highest BCUT2D eigenvalue weighted by molar-refractivity contribution is 6.06. The zero-order chi connectivity index (χ0) is 21.9. The van der Waals surface area contributed by atoms with Crippen LogP contribution in [0.1, 0.15) is 26.3 Å². The lowest BCUT2D eigenvalue weighted by molar-refractivity contribution is -0.137. The van der Waals surface area contributed by atoms with Crippen LogP contribution in [0, 0.1) is 5.82 Å². The van der Waals surface area contributed by atoms with E-state index in [1.54, 1.807) is 0 Å². The fourth-order valence-corrected chi connectivity index (χ4v) is 2.65. The topological polar surface area (TPSA) is 78.4 Å². The molecular formula is C21H14F4N2O3. The van der Waals surface area contributed by atoms with Gasteiger partial charge in [-0.25, -0.2) is 9.18 Å². The van der Waals surface area contributed by atoms with Crippen LogP contribution in [0.3, 0.4) is 0 Å². The van der Waals surface area contributed by atoms with Gasteiger partial charge in [-0.1, -0.05) is 18.2 Å². The maximum absolute atomic E-state index is 13.9. The predicted molar refractivity (Wildman–Crippen MR) is 102 cm³/mol. The Bertz CT molecular complexity index is 1110. The summed E-state index contributed by atoms with van der Waals surface area (Å²) in [7, 11) is 0. The minimum atomic E-state index is -4.67. The van der Waals surface area contributed by atoms with E-state index >= 15 is 0 Å². The molecule has 0 unspecified atom stereocenters. The summed E-state index contributed by atoms with van der Waals surface area (Å²) in [4.78, 5) is 23.5. The number of nitrogens with one attached hydrogen (secondary N) is 2. The van der Waals surface area contributed by atoms with Gasteiger partial charge < -0.3 is 15.7 Å². The summed E-state index contributed by atoms with van der Waals surface area (Å²) in [5, 5.41) is 14.1. The minimum absolute atomic E-state index is 0.0381. The number of hydrogen-bond acceptors (Lipinski definition) is 3. The molecule has 0 aliphatic carbocycles. The SMILES string of the molecule is O=C(O)c1cccc(Nc2ccc(C(F)(F)F)cc2NC(=O)c2ccccc2F)c1. The van der Waals surface area contributed by atoms with E-state index in [0.29, 0.717) is 6.07 Å². The van der Waals surface area contributed by atoms with Gasteiger partial charge in [-0.2, -0.15) is 13.2 Å². The summed E-state index contributed by atoms with van der Waals surface area (Å²) >= 11 is 0. The summed E-state index contributed by atoms with van der Waals surface area (Å²) < 4.78 is 53.3. The number of carboxylic acids is 1. The number of amides is 1. The molecule has 0 saturated heterocycles. The second-order valence-corrected chi connectivity index (χ2v) is 6.20. The number of rotatable bonds is 5. The van der Waals surface area contributed by atoms with E-state index in [2.05, 4.69) is 10.6 Å². The average Bonchev–Trinajstić information content (AvgIpc) is 2.69. The summed E-state index contributed by atoms with van der Waals surface area (Å²) in [6, 6.07) is 13.2. The van der Waals surface area contributed by atoms with Gasteiger partial charge in [0.05, 0.1) is 28.1 Å². The van der Waals surface area contributed by atoms with Crippen molar-refractivity contribution in [3.8, 4) is 0 Å². The summed E-state index contributed by atoms with van der Waals surface area (Å²) in [5.41, 5.74) is -1.31. The van der Waals surface area contributed by atoms with Crippen molar-refractivity contribution in [2.75, 3.05) is 10.6 Å². The lowest BCUT2D eigenvalue weighted by Gasteiger charge is -2.16. The summed E-state index contributed by atoms with van der Waals surface area (Å²) in [6.07, 6.45) is -4.67. The second-order valence-electron chi connectivity index (χ2n) is 6.20. The first-order valence-electron chi connectivity index (χ1n) is 8.52. The molecule has 3 aromatic carbocycles. The average molecular weight is 418 g/mol. The molecule has 0 fully saturated rings. The fraction of sp³-hybridized carbons (Fsp3) is 0.0476. The van der Waals surface area contributed by atoms with E-state index in [1.807, 2.05) is 0 Å². The van der Waals surface area contributed by atoms with Crippen LogP contribution >= 0.6 is 0 Å². The van der Waals surface area contributed by atoms with Crippen LogP contribution in [0.15, 0.2) is 66.7 Å². The number of aromatic carboxylic acids is 1. The number of hydrogen-bond donors (Lipinski definition) is 3. The standard InChI is InChI=1S/C21H14F4N2O3/c22-16-7-2-1-6-15(16)19(28)27-18-11-13(21(23,24)25)8-9-17(18)26-14-5-3-4-12(10-14)20(29)30/h1-11,26H,(H,27,28)(H,29,30). The van der Waals surface area contributed by atoms with Crippen LogP contribution in [0.5, 0.6) is 0 Å². The Hall–Kier alpha value is -3.88. The second kappa shape index (κ2) is 8.24. The molecule has 0 spiro atoms. The summed E-state index contributed by atoms with van der Waals surface area (Å²) in [6.45, 7) is 0. The van der Waals surface area contributed by atoms with Gasteiger partial charge >= 0.3 is 12.1 Å². The van der Waals surface area contributed by atoms with Crippen molar-refractivity contribution in [3.05, 3.63) is 89.2 Å². The number of carboxylic acid groups (broad SMARTS) is 1. The summed E-state index contributed by atoms with van der Waals surface area (Å²) in [5.74, 6) is -2.94. The van der Waals surface area contributed by atoms with E-state index < -0.39 is 29.4 Å². The van der Waals surface area contributed by atoms with E-state index in [-0.39, 0.29) is 28.2 Å². The molecule has 9 heteroatoms. The zero-order valence-corrected chi connectivity index (χ0v) is 15.1. The first kappa shape index (κ1) is 20.8. The monoisotopic (exact) mass is 418 g/mol. The molecule has 0 atom stereocenters. The number of alkyl halides is 3. The smallest absolute Gasteiger partial charge is 0.416 e. The van der Waals surface area contributed by atoms with Crippen molar-refractivity contribution in [2.24, 2.45) is 0 Å². The largest absolute Gasteiger partial charge is 0.478 e. The van der Waals surface area contributed by atoms with Crippen LogP contribution in [0.4, 0.5) is 34.6 Å². The molecule has 0 aliphatic rings. The molecule has 30 heavy (non-hydrogen) atoms. The molecule has 154 valence electrons. The molecular weight excluding hydrogens is 404 g/mol. The molecule has 3 aromatic rings. The maximum atomic E-state index is 13.9. The maximum Gasteiger partial charge on any atom is 0.416 e. The van der Waals surface area contributed by atoms with Gasteiger partial charge in [0.15, 0.2) is 0 Å². The normalized spacial score (nSPS) is 11.1. The Labute approximate surface area is 168 Å². The Kier molecular flexibility index (Phi) is 5.72. The highest BCUT2D eigenvalue weighted by atomic mass is 19.4. The lowest BCUT2D eigenvalue weighted by Crippen LogP contribution is -2.16. The molecule has 3 N–H and O–H groups in total. The van der Waals surface area contributed by atoms with Crippen LogP contribution in [-0.2, 0) is 6.18 Å². The van der Waals surface area contributed by atoms with E-state index in [4.69, 9.17) is 5.11 Å². The number of carbonyl (C=O) groups excluding carboxylic acids is 1. The molecule has 0 heterocycles. The van der Waals surface area contributed by atoms with Crippen molar-refractivity contribution in [1.29, 1.82) is 0 Å². The van der Waals surface area contributed by atoms with E-state index in [1.165, 1.54) is 42.5 Å². The molecule has 5 nitrogen and oxygen atoms in total. The van der Waals surface area contributed by atoms with Gasteiger partial charge in [0.25, 0.3) is 5.91 Å². The molecule has 0 bridgehead atoms. The molecule has 0 aliphatic heterocycles. The van der Waals surface area contributed by atoms with Gasteiger partial charge in [0, 0.05) is 5.69 Å². The Morgan fingerprint density at radius 3 is 2.27 bits per heavy atom. The van der Waals surface area contributed by atoms with Crippen LogP contribution in [0.25, 0.3) is 0 Å². The number of benzene rings is 3. The molecule has 0 saturated carbocycles. The van der Waals surface area contributed by atoms with Crippen molar-refractivity contribution in [2.45, 2.75) is 6.18 Å². The first-order valence-corrected chi connectivity index (χ1v) is 8.52. The fourth-order valence-electron chi connectivity index (χ4n) is 2.65. The van der Waals surface area contributed by atoms with Crippen molar-refractivity contribution in [3.63, 3.8) is 0 Å². The van der Waals surface area contributed by atoms with Gasteiger partial charge in [-0.05, 0) is 48.5 Å². The van der Waals surface area contributed by atoms with E-state index in [0.717, 1.165) is 18.2 Å². The number of carbonyl (C=O) groups is 2. The Morgan fingerprint density at radius 1 is 0.867 bits per heavy atom. The van der Waals surface area contributed by atoms with Crippen molar-refractivity contribution < 1.29 is 32.3 Å². The van der Waals surface area contributed by atoms with Gasteiger partial charge in [0.2, 0.25) is 0 Å². The first-order chi connectivity index (χ1) is 14.1. The van der Waals surface area contributed by atoms with Crippen LogP contribution in [-0.4, -0.2) is 17.0 Å². The third kappa shape index (κ3) is 4.75. The predicted octanol–water partition coefficient (Wildman–Crippen LogP) is 5.54. The molecule has 0 aromatic heterocycles.